The third-order valence-corrected chi connectivity index (χ3v) is 3.64. The second kappa shape index (κ2) is 4.85. The molecule has 1 nitrogen and oxygen atoms in total. The van der Waals surface area contributed by atoms with E-state index < -0.39 is 0 Å². The van der Waals surface area contributed by atoms with Gasteiger partial charge in [-0.3, -0.25) is 0 Å². The summed E-state index contributed by atoms with van der Waals surface area (Å²) in [4.78, 5) is 1.13. The largest absolute Gasteiger partial charge is 0.378 e. The average molecular weight is 256 g/mol. The van der Waals surface area contributed by atoms with E-state index in [0.717, 1.165) is 14.9 Å². The van der Waals surface area contributed by atoms with Crippen LogP contribution in [0.25, 0.3) is 0 Å². The zero-order chi connectivity index (χ0) is 11.5. The van der Waals surface area contributed by atoms with Crippen LogP contribution in [0.5, 0.6) is 0 Å². The summed E-state index contributed by atoms with van der Waals surface area (Å²) in [6.45, 7) is 2.02. The number of benzene rings is 1. The highest BCUT2D eigenvalue weighted by Gasteiger charge is 2.08. The molecule has 1 heterocycles. The van der Waals surface area contributed by atoms with E-state index >= 15 is 0 Å². The molecule has 1 unspecified atom stereocenters. The summed E-state index contributed by atoms with van der Waals surface area (Å²) in [5.74, 6) is -0.235. The van der Waals surface area contributed by atoms with E-state index in [2.05, 4.69) is 5.32 Å². The minimum atomic E-state index is -0.235. The second-order valence-corrected chi connectivity index (χ2v) is 5.26. The fourth-order valence-electron chi connectivity index (χ4n) is 1.46. The quantitative estimate of drug-likeness (QED) is 0.837. The van der Waals surface area contributed by atoms with E-state index in [1.165, 1.54) is 23.5 Å². The Bertz CT molecular complexity index is 483. The van der Waals surface area contributed by atoms with Crippen LogP contribution in [0.1, 0.15) is 17.8 Å². The lowest BCUT2D eigenvalue weighted by Crippen LogP contribution is -2.04. The van der Waals surface area contributed by atoms with Crippen LogP contribution in [-0.4, -0.2) is 0 Å². The van der Waals surface area contributed by atoms with Gasteiger partial charge in [-0.2, -0.15) is 0 Å². The summed E-state index contributed by atoms with van der Waals surface area (Å²) in [6.07, 6.45) is 0. The monoisotopic (exact) mass is 255 g/mol. The molecule has 0 bridgehead atoms. The maximum atomic E-state index is 13.0. The lowest BCUT2D eigenvalue weighted by molar-refractivity contribution is 0.628. The molecule has 0 saturated carbocycles. The first kappa shape index (κ1) is 11.4. The van der Waals surface area contributed by atoms with E-state index in [4.69, 9.17) is 11.6 Å². The first-order valence-electron chi connectivity index (χ1n) is 4.92. The van der Waals surface area contributed by atoms with Crippen molar-refractivity contribution >= 4 is 28.6 Å². The van der Waals surface area contributed by atoms with Crippen molar-refractivity contribution in [2.75, 3.05) is 5.32 Å². The van der Waals surface area contributed by atoms with E-state index in [-0.39, 0.29) is 11.9 Å². The molecule has 0 aliphatic heterocycles. The van der Waals surface area contributed by atoms with Crippen molar-refractivity contribution in [3.05, 3.63) is 51.4 Å². The Morgan fingerprint density at radius 3 is 2.75 bits per heavy atom. The van der Waals surface area contributed by atoms with Gasteiger partial charge in [0.1, 0.15) is 5.82 Å². The molecule has 0 spiro atoms. The number of rotatable bonds is 3. The Morgan fingerprint density at radius 2 is 2.12 bits per heavy atom. The van der Waals surface area contributed by atoms with E-state index in [1.807, 2.05) is 25.1 Å². The van der Waals surface area contributed by atoms with Gasteiger partial charge in [-0.05, 0) is 37.3 Å². The Balaban J connectivity index is 2.10. The van der Waals surface area contributed by atoms with Crippen molar-refractivity contribution in [2.45, 2.75) is 13.0 Å². The fourth-order valence-corrected chi connectivity index (χ4v) is 2.52. The van der Waals surface area contributed by atoms with Crippen molar-refractivity contribution in [2.24, 2.45) is 0 Å². The lowest BCUT2D eigenvalue weighted by Gasteiger charge is -2.13. The Morgan fingerprint density at radius 1 is 1.31 bits per heavy atom. The minimum absolute atomic E-state index is 0.124. The van der Waals surface area contributed by atoms with Gasteiger partial charge in [0.25, 0.3) is 0 Å². The molecule has 4 heteroatoms. The highest BCUT2D eigenvalue weighted by atomic mass is 35.5. The third-order valence-electron chi connectivity index (χ3n) is 2.23. The van der Waals surface area contributed by atoms with Crippen LogP contribution in [0.15, 0.2) is 36.4 Å². The first-order chi connectivity index (χ1) is 7.65. The molecular weight excluding hydrogens is 245 g/mol. The number of nitrogens with one attached hydrogen (secondary N) is 1. The lowest BCUT2D eigenvalue weighted by atomic mass is 10.2. The topological polar surface area (TPSA) is 12.0 Å². The van der Waals surface area contributed by atoms with Gasteiger partial charge in [0.2, 0.25) is 0 Å². The average Bonchev–Trinajstić information content (AvgIpc) is 2.65. The highest BCUT2D eigenvalue weighted by molar-refractivity contribution is 7.16. The molecule has 1 N–H and O–H groups in total. The molecule has 0 amide bonds. The summed E-state index contributed by atoms with van der Waals surface area (Å²) >= 11 is 7.39. The summed E-state index contributed by atoms with van der Waals surface area (Å²) in [7, 11) is 0. The van der Waals surface area contributed by atoms with Gasteiger partial charge in [0.05, 0.1) is 10.4 Å². The Labute approximate surface area is 103 Å². The maximum absolute atomic E-state index is 13.0. The van der Waals surface area contributed by atoms with Gasteiger partial charge in [0.15, 0.2) is 0 Å². The van der Waals surface area contributed by atoms with Crippen LogP contribution >= 0.6 is 22.9 Å². The summed E-state index contributed by atoms with van der Waals surface area (Å²) < 4.78 is 13.7. The molecule has 2 aromatic rings. The Kier molecular flexibility index (Phi) is 3.46. The number of hydrogen-bond acceptors (Lipinski definition) is 2. The second-order valence-electron chi connectivity index (χ2n) is 3.52. The van der Waals surface area contributed by atoms with Crippen molar-refractivity contribution < 1.29 is 4.39 Å². The van der Waals surface area contributed by atoms with Gasteiger partial charge < -0.3 is 5.32 Å². The molecule has 84 valence electrons. The minimum Gasteiger partial charge on any atom is -0.378 e. The van der Waals surface area contributed by atoms with Crippen molar-refractivity contribution in [3.8, 4) is 0 Å². The van der Waals surface area contributed by atoms with Crippen molar-refractivity contribution in [1.29, 1.82) is 0 Å². The summed E-state index contributed by atoms with van der Waals surface area (Å²) in [6, 6.07) is 10.4. The van der Waals surface area contributed by atoms with E-state index in [0.29, 0.717) is 0 Å². The molecular formula is C12H11ClFNS. The van der Waals surface area contributed by atoms with Crippen LogP contribution in [0.3, 0.4) is 0 Å². The van der Waals surface area contributed by atoms with Crippen LogP contribution in [0, 0.1) is 5.82 Å². The first-order valence-corrected chi connectivity index (χ1v) is 6.12. The number of hydrogen-bond donors (Lipinski definition) is 1. The predicted molar refractivity (Wildman–Crippen MR) is 67.8 cm³/mol. The third kappa shape index (κ3) is 2.74. The van der Waals surface area contributed by atoms with Crippen LogP contribution in [-0.2, 0) is 0 Å². The molecule has 2 rings (SSSR count). The zero-order valence-corrected chi connectivity index (χ0v) is 10.3. The molecule has 0 aliphatic rings. The van der Waals surface area contributed by atoms with Crippen LogP contribution in [0.4, 0.5) is 10.1 Å². The Hall–Kier alpha value is -1.06. The molecule has 0 saturated heterocycles. The molecule has 0 aliphatic carbocycles. The molecule has 1 aromatic heterocycles. The molecule has 1 atom stereocenters. The van der Waals surface area contributed by atoms with Gasteiger partial charge in [-0.1, -0.05) is 17.7 Å². The van der Waals surface area contributed by atoms with Crippen LogP contribution < -0.4 is 5.32 Å². The normalized spacial score (nSPS) is 12.4. The summed E-state index contributed by atoms with van der Waals surface area (Å²) in [5, 5.41) is 3.22. The van der Waals surface area contributed by atoms with E-state index in [1.54, 1.807) is 6.07 Å². The SMILES string of the molecule is CC(Nc1cccc(F)c1)c1ccc(Cl)s1. The van der Waals surface area contributed by atoms with Gasteiger partial charge in [-0.15, -0.1) is 11.3 Å². The van der Waals surface area contributed by atoms with Crippen molar-refractivity contribution in [3.63, 3.8) is 0 Å². The van der Waals surface area contributed by atoms with Gasteiger partial charge in [0, 0.05) is 10.6 Å². The van der Waals surface area contributed by atoms with E-state index in [9.17, 15) is 4.39 Å². The number of halogens is 2. The smallest absolute Gasteiger partial charge is 0.125 e. The molecule has 16 heavy (non-hydrogen) atoms. The predicted octanol–water partition coefficient (Wildman–Crippen LogP) is 4.71. The molecule has 0 radical (unpaired) electrons. The highest BCUT2D eigenvalue weighted by Crippen LogP contribution is 2.28. The van der Waals surface area contributed by atoms with Gasteiger partial charge in [-0.25, -0.2) is 4.39 Å². The number of anilines is 1. The van der Waals surface area contributed by atoms with Crippen molar-refractivity contribution in [1.82, 2.24) is 0 Å². The standard InChI is InChI=1S/C12H11ClFNS/c1-8(11-5-6-12(13)16-11)15-10-4-2-3-9(14)7-10/h2-8,15H,1H3. The molecule has 1 aromatic carbocycles. The van der Waals surface area contributed by atoms with Gasteiger partial charge >= 0.3 is 0 Å². The molecule has 0 fully saturated rings. The number of thiophene rings is 1. The zero-order valence-electron chi connectivity index (χ0n) is 8.71. The van der Waals surface area contributed by atoms with Crippen LogP contribution in [0.2, 0.25) is 4.34 Å². The fraction of sp³-hybridized carbons (Fsp3) is 0.167. The summed E-state index contributed by atoms with van der Waals surface area (Å²) in [5.41, 5.74) is 0.775. The maximum Gasteiger partial charge on any atom is 0.125 e.